The molecule has 122 valence electrons. The maximum atomic E-state index is 12.0. The summed E-state index contributed by atoms with van der Waals surface area (Å²) in [5, 5.41) is 2.56. The van der Waals surface area contributed by atoms with Crippen LogP contribution in [0.4, 0.5) is 4.79 Å². The average Bonchev–Trinajstić information content (AvgIpc) is 2.51. The molecular weight excluding hydrogens is 418 g/mol. The van der Waals surface area contributed by atoms with Gasteiger partial charge in [-0.3, -0.25) is 0 Å². The molecule has 1 amide bonds. The normalized spacial score (nSPS) is 13.3. The van der Waals surface area contributed by atoms with Gasteiger partial charge in [-0.2, -0.15) is 0 Å². The summed E-state index contributed by atoms with van der Waals surface area (Å²) in [6, 6.07) is 8.56. The number of benzene rings is 1. The quantitative estimate of drug-likeness (QED) is 0.523. The summed E-state index contributed by atoms with van der Waals surface area (Å²) in [7, 11) is 0. The van der Waals surface area contributed by atoms with E-state index in [0.717, 1.165) is 5.56 Å². The topological polar surface area (TPSA) is 64.6 Å². The molecule has 22 heavy (non-hydrogen) atoms. The highest BCUT2D eigenvalue weighted by Crippen LogP contribution is 2.11. The van der Waals surface area contributed by atoms with Crippen molar-refractivity contribution < 1.29 is 19.1 Å². The monoisotopic (exact) mass is 435 g/mol. The van der Waals surface area contributed by atoms with Crippen LogP contribution in [0, 0.1) is 5.92 Å². The molecule has 0 heterocycles. The van der Waals surface area contributed by atoms with Gasteiger partial charge in [0.25, 0.3) is 0 Å². The standard InChI is InChI=1S/C15H19Br2NO4/c1-10(2)13(14(19)22-12(17)8-16)18-15(20)21-9-11-6-4-3-5-7-11/h3-7,10,12-13H,8-9H2,1-2H3,(H,18,20)/t12?,13-/m0/s1. The van der Waals surface area contributed by atoms with Crippen LogP contribution in [0.2, 0.25) is 0 Å². The van der Waals surface area contributed by atoms with Crippen LogP contribution in [0.5, 0.6) is 0 Å². The van der Waals surface area contributed by atoms with Crippen LogP contribution in [0.25, 0.3) is 0 Å². The summed E-state index contributed by atoms with van der Waals surface area (Å²) in [5.41, 5.74) is 0.876. The van der Waals surface area contributed by atoms with Crippen molar-refractivity contribution in [3.05, 3.63) is 35.9 Å². The minimum Gasteiger partial charge on any atom is -0.448 e. The zero-order chi connectivity index (χ0) is 16.5. The molecule has 0 radical (unpaired) electrons. The number of hydrogen-bond donors (Lipinski definition) is 1. The molecule has 1 aromatic rings. The Labute approximate surface area is 147 Å². The lowest BCUT2D eigenvalue weighted by Crippen LogP contribution is -2.46. The Bertz CT molecular complexity index is 482. The molecule has 0 aliphatic heterocycles. The van der Waals surface area contributed by atoms with Gasteiger partial charge in [-0.25, -0.2) is 9.59 Å². The molecule has 1 aromatic carbocycles. The lowest BCUT2D eigenvalue weighted by Gasteiger charge is -2.21. The number of rotatable bonds is 7. The first-order chi connectivity index (χ1) is 10.4. The second-order valence-corrected chi connectivity index (χ2v) is 6.60. The lowest BCUT2D eigenvalue weighted by atomic mass is 10.1. The largest absolute Gasteiger partial charge is 0.448 e. The van der Waals surface area contributed by atoms with E-state index in [1.165, 1.54) is 0 Å². The molecule has 1 rings (SSSR count). The smallest absolute Gasteiger partial charge is 0.408 e. The predicted octanol–water partition coefficient (Wildman–Crippen LogP) is 3.60. The molecule has 0 saturated carbocycles. The van der Waals surface area contributed by atoms with Gasteiger partial charge < -0.3 is 14.8 Å². The highest BCUT2D eigenvalue weighted by molar-refractivity contribution is 9.12. The molecule has 0 aliphatic rings. The van der Waals surface area contributed by atoms with Crippen molar-refractivity contribution in [2.24, 2.45) is 5.92 Å². The Kier molecular flexibility index (Phi) is 8.48. The van der Waals surface area contributed by atoms with Crippen LogP contribution in [0.15, 0.2) is 30.3 Å². The van der Waals surface area contributed by atoms with Crippen molar-refractivity contribution in [2.45, 2.75) is 31.5 Å². The molecule has 0 saturated heterocycles. The van der Waals surface area contributed by atoms with Crippen LogP contribution in [-0.4, -0.2) is 28.4 Å². The van der Waals surface area contributed by atoms with Crippen molar-refractivity contribution in [1.82, 2.24) is 5.32 Å². The van der Waals surface area contributed by atoms with E-state index >= 15 is 0 Å². The van der Waals surface area contributed by atoms with Crippen molar-refractivity contribution in [3.63, 3.8) is 0 Å². The van der Waals surface area contributed by atoms with Gasteiger partial charge >= 0.3 is 12.1 Å². The fraction of sp³-hybridized carbons (Fsp3) is 0.467. The van der Waals surface area contributed by atoms with E-state index in [1.807, 2.05) is 44.2 Å². The Balaban J connectivity index is 2.51. The molecule has 1 unspecified atom stereocenters. The van der Waals surface area contributed by atoms with Crippen LogP contribution >= 0.6 is 31.9 Å². The highest BCUT2D eigenvalue weighted by Gasteiger charge is 2.27. The first-order valence-corrected chi connectivity index (χ1v) is 8.85. The SMILES string of the molecule is CC(C)[C@H](NC(=O)OCc1ccccc1)C(=O)OC(Br)CBr. The van der Waals surface area contributed by atoms with Crippen LogP contribution in [-0.2, 0) is 20.9 Å². The van der Waals surface area contributed by atoms with E-state index in [4.69, 9.17) is 9.47 Å². The van der Waals surface area contributed by atoms with E-state index in [9.17, 15) is 9.59 Å². The summed E-state index contributed by atoms with van der Waals surface area (Å²) < 4.78 is 10.3. The highest BCUT2D eigenvalue weighted by atomic mass is 79.9. The third kappa shape index (κ3) is 6.79. The van der Waals surface area contributed by atoms with E-state index in [-0.39, 0.29) is 12.5 Å². The van der Waals surface area contributed by atoms with Gasteiger partial charge in [0.2, 0.25) is 0 Å². The molecule has 7 heteroatoms. The van der Waals surface area contributed by atoms with Gasteiger partial charge in [0, 0.05) is 0 Å². The maximum absolute atomic E-state index is 12.0. The molecule has 1 N–H and O–H groups in total. The Morgan fingerprint density at radius 2 is 1.86 bits per heavy atom. The fourth-order valence-corrected chi connectivity index (χ4v) is 1.94. The van der Waals surface area contributed by atoms with Gasteiger partial charge in [-0.05, 0) is 27.4 Å². The molecule has 0 aromatic heterocycles. The number of amides is 1. The number of alkyl carbamates (subject to hydrolysis) is 1. The predicted molar refractivity (Wildman–Crippen MR) is 91.0 cm³/mol. The number of hydrogen-bond acceptors (Lipinski definition) is 4. The van der Waals surface area contributed by atoms with Gasteiger partial charge in [-0.1, -0.05) is 60.1 Å². The third-order valence-corrected chi connectivity index (χ3v) is 4.74. The van der Waals surface area contributed by atoms with Gasteiger partial charge in [0.05, 0.1) is 5.33 Å². The molecule has 0 fully saturated rings. The van der Waals surface area contributed by atoms with E-state index in [2.05, 4.69) is 37.2 Å². The number of carbonyl (C=O) groups is 2. The summed E-state index contributed by atoms with van der Waals surface area (Å²) in [6.45, 7) is 3.79. The van der Waals surface area contributed by atoms with Gasteiger partial charge in [0.1, 0.15) is 12.6 Å². The summed E-state index contributed by atoms with van der Waals surface area (Å²) >= 11 is 6.38. The van der Waals surface area contributed by atoms with Crippen LogP contribution < -0.4 is 5.32 Å². The van der Waals surface area contributed by atoms with Crippen molar-refractivity contribution in [2.75, 3.05) is 5.33 Å². The van der Waals surface area contributed by atoms with Crippen molar-refractivity contribution in [3.8, 4) is 0 Å². The molecular formula is C15H19Br2NO4. The second kappa shape index (κ2) is 9.84. The first-order valence-electron chi connectivity index (χ1n) is 6.81. The fourth-order valence-electron chi connectivity index (χ4n) is 1.62. The number of carbonyl (C=O) groups excluding carboxylic acids is 2. The molecule has 5 nitrogen and oxygen atoms in total. The first kappa shape index (κ1) is 19.0. The third-order valence-electron chi connectivity index (χ3n) is 2.77. The number of ether oxygens (including phenoxy) is 2. The van der Waals surface area contributed by atoms with E-state index < -0.39 is 23.1 Å². The minimum atomic E-state index is -0.762. The number of alkyl halides is 2. The van der Waals surface area contributed by atoms with E-state index in [1.54, 1.807) is 0 Å². The van der Waals surface area contributed by atoms with Crippen LogP contribution in [0.3, 0.4) is 0 Å². The zero-order valence-electron chi connectivity index (χ0n) is 12.4. The second-order valence-electron chi connectivity index (χ2n) is 4.93. The summed E-state index contributed by atoms with van der Waals surface area (Å²) in [4.78, 5) is 23.8. The Hall–Kier alpha value is -1.08. The average molecular weight is 437 g/mol. The van der Waals surface area contributed by atoms with E-state index in [0.29, 0.717) is 5.33 Å². The van der Waals surface area contributed by atoms with Gasteiger partial charge in [0.15, 0.2) is 5.01 Å². The zero-order valence-corrected chi connectivity index (χ0v) is 15.6. The number of esters is 1. The number of halogens is 2. The van der Waals surface area contributed by atoms with Crippen LogP contribution in [0.1, 0.15) is 19.4 Å². The lowest BCUT2D eigenvalue weighted by molar-refractivity contribution is -0.147. The number of nitrogens with one attached hydrogen (secondary N) is 1. The molecule has 0 aliphatic carbocycles. The maximum Gasteiger partial charge on any atom is 0.408 e. The van der Waals surface area contributed by atoms with Gasteiger partial charge in [-0.15, -0.1) is 0 Å². The molecule has 2 atom stereocenters. The summed E-state index contributed by atoms with van der Waals surface area (Å²) in [6.07, 6.45) is -0.649. The molecule has 0 bridgehead atoms. The van der Waals surface area contributed by atoms with Crippen molar-refractivity contribution >= 4 is 43.9 Å². The molecule has 0 spiro atoms. The minimum absolute atomic E-state index is 0.119. The summed E-state index contributed by atoms with van der Waals surface area (Å²) in [5.74, 6) is -0.625. The van der Waals surface area contributed by atoms with Crippen molar-refractivity contribution in [1.29, 1.82) is 0 Å². The Morgan fingerprint density at radius 3 is 2.41 bits per heavy atom. The Morgan fingerprint density at radius 1 is 1.23 bits per heavy atom.